The molecule has 0 spiro atoms. The van der Waals surface area contributed by atoms with Crippen LogP contribution in [0.1, 0.15) is 0 Å². The van der Waals surface area contributed by atoms with E-state index in [0.717, 1.165) is 0 Å². The lowest BCUT2D eigenvalue weighted by Gasteiger charge is -2.02. The Labute approximate surface area is 70.1 Å². The first kappa shape index (κ1) is 11.2. The van der Waals surface area contributed by atoms with E-state index in [1.807, 2.05) is 0 Å². The molecule has 0 aromatic heterocycles. The second kappa shape index (κ2) is 5.83. The van der Waals surface area contributed by atoms with E-state index in [1.165, 1.54) is 6.08 Å². The third-order valence-electron chi connectivity index (χ3n) is 0.833. The molecule has 0 saturated heterocycles. The third-order valence-corrected chi connectivity index (χ3v) is 1.96. The maximum Gasteiger partial charge on any atom is 0.554 e. The Morgan fingerprint density at radius 1 is 1.42 bits per heavy atom. The maximum atomic E-state index is 11.0. The Kier molecular flexibility index (Phi) is 5.45. The number of aliphatic imine (C=N–C) groups is 1. The molecule has 0 aliphatic carbocycles. The van der Waals surface area contributed by atoms with E-state index in [-0.39, 0.29) is 13.2 Å². The van der Waals surface area contributed by atoms with Crippen LogP contribution >= 0.6 is 7.82 Å². The van der Waals surface area contributed by atoms with Crippen molar-refractivity contribution in [2.24, 2.45) is 4.99 Å². The Hall–Kier alpha value is -0.770. The molecule has 0 saturated carbocycles. The van der Waals surface area contributed by atoms with E-state index in [2.05, 4.69) is 32.8 Å². The largest absolute Gasteiger partial charge is 0.554 e. The molecule has 7 heteroatoms. The highest BCUT2D eigenvalue weighted by molar-refractivity contribution is 7.48. The van der Waals surface area contributed by atoms with Crippen molar-refractivity contribution in [3.05, 3.63) is 14.2 Å². The van der Waals surface area contributed by atoms with Crippen LogP contribution in [0.4, 0.5) is 0 Å². The fraction of sp³-hybridized carbons (Fsp3) is 0.400. The van der Waals surface area contributed by atoms with Gasteiger partial charge in [0.2, 0.25) is 20.3 Å². The van der Waals surface area contributed by atoms with Crippen LogP contribution in [0.3, 0.4) is 0 Å². The number of rotatable bonds is 6. The van der Waals surface area contributed by atoms with Gasteiger partial charge in [0.15, 0.2) is 0 Å². The number of hydrogen-bond acceptors (Lipinski definition) is 6. The van der Waals surface area contributed by atoms with Gasteiger partial charge in [-0.3, -0.25) is 4.52 Å². The van der Waals surface area contributed by atoms with Crippen LogP contribution in [0.15, 0.2) is 4.99 Å². The van der Waals surface area contributed by atoms with Gasteiger partial charge in [0, 0.05) is 0 Å². The van der Waals surface area contributed by atoms with E-state index in [1.54, 1.807) is 0 Å². The monoisotopic (exact) mass is 193 g/mol. The lowest BCUT2D eigenvalue weighted by atomic mass is 10.7. The van der Waals surface area contributed by atoms with Gasteiger partial charge in [-0.1, -0.05) is 9.05 Å². The summed E-state index contributed by atoms with van der Waals surface area (Å²) in [6.45, 7) is -0.0578. The van der Waals surface area contributed by atoms with Gasteiger partial charge in [-0.2, -0.15) is 0 Å². The summed E-state index contributed by atoms with van der Waals surface area (Å²) < 4.78 is 23.8. The molecule has 0 rings (SSSR count). The molecule has 0 bridgehead atoms. The molecule has 0 fully saturated rings. The molecule has 66 valence electrons. The van der Waals surface area contributed by atoms with Crippen molar-refractivity contribution in [3.8, 4) is 0 Å². The van der Waals surface area contributed by atoms with Crippen molar-refractivity contribution < 1.29 is 22.9 Å². The molecule has 12 heavy (non-hydrogen) atoms. The van der Waals surface area contributed by atoms with Gasteiger partial charge in [-0.15, -0.1) is 0 Å². The minimum Gasteiger partial charge on any atom is -0.280 e. The molecular formula is C5H8NO5P+2. The Bertz CT molecular complexity index is 204. The summed E-state index contributed by atoms with van der Waals surface area (Å²) in [5.41, 5.74) is 0. The number of hydrogen-bond donors (Lipinski definition) is 0. The summed E-state index contributed by atoms with van der Waals surface area (Å²) >= 11 is 0. The van der Waals surface area contributed by atoms with Gasteiger partial charge in [-0.25, -0.2) is 14.4 Å². The van der Waals surface area contributed by atoms with Crippen LogP contribution < -0.4 is 0 Å². The summed E-state index contributed by atoms with van der Waals surface area (Å²) in [5.74, 6) is 0. The zero-order chi connectivity index (χ0) is 9.45. The summed E-state index contributed by atoms with van der Waals surface area (Å²) in [7, 11) is 2.10. The van der Waals surface area contributed by atoms with Crippen molar-refractivity contribution in [3.63, 3.8) is 0 Å². The summed E-state index contributed by atoms with van der Waals surface area (Å²) in [6.07, 6.45) is 1.28. The highest BCUT2D eigenvalue weighted by Crippen LogP contribution is 2.48. The topological polar surface area (TPSA) is 74.2 Å². The molecule has 0 heterocycles. The lowest BCUT2D eigenvalue weighted by Crippen LogP contribution is -1.98. The van der Waals surface area contributed by atoms with Gasteiger partial charge >= 0.3 is 7.82 Å². The predicted octanol–water partition coefficient (Wildman–Crippen LogP) is 1.06. The fourth-order valence-corrected chi connectivity index (χ4v) is 0.885. The molecule has 0 aromatic rings. The molecular weight excluding hydrogens is 185 g/mol. The molecule has 0 aliphatic heterocycles. The molecule has 0 N–H and O–H groups in total. The Morgan fingerprint density at radius 2 is 2.00 bits per heavy atom. The molecule has 0 amide bonds. The third kappa shape index (κ3) is 4.18. The molecule has 6 nitrogen and oxygen atoms in total. The van der Waals surface area contributed by atoms with Crippen molar-refractivity contribution in [2.45, 2.75) is 0 Å². The van der Waals surface area contributed by atoms with Crippen molar-refractivity contribution in [1.29, 1.82) is 0 Å². The van der Waals surface area contributed by atoms with E-state index in [0.29, 0.717) is 0 Å². The average Bonchev–Trinajstić information content (AvgIpc) is 2.12. The number of phosphoric ester groups is 1. The SMILES string of the molecule is [CH2+]OP(=O)(O[CH2+])OCCN=C=O. The lowest BCUT2D eigenvalue weighted by molar-refractivity contribution is 0.179. The second-order valence-corrected chi connectivity index (χ2v) is 3.18. The fourth-order valence-electron chi connectivity index (χ4n) is 0.356. The van der Waals surface area contributed by atoms with Crippen LogP contribution in [-0.2, 0) is 22.9 Å². The van der Waals surface area contributed by atoms with Crippen LogP contribution in [0.2, 0.25) is 0 Å². The normalized spacial score (nSPS) is 10.7. The summed E-state index contributed by atoms with van der Waals surface area (Å²) in [6, 6.07) is 0. The molecule has 0 aliphatic rings. The van der Waals surface area contributed by atoms with Crippen LogP contribution in [0, 0.1) is 14.2 Å². The van der Waals surface area contributed by atoms with Crippen molar-refractivity contribution in [1.82, 2.24) is 0 Å². The minimum atomic E-state index is -3.63. The average molecular weight is 193 g/mol. The van der Waals surface area contributed by atoms with E-state index >= 15 is 0 Å². The maximum absolute atomic E-state index is 11.0. The summed E-state index contributed by atoms with van der Waals surface area (Å²) in [4.78, 5) is 12.7. The molecule has 0 aromatic carbocycles. The Morgan fingerprint density at radius 3 is 2.42 bits per heavy atom. The van der Waals surface area contributed by atoms with Crippen LogP contribution in [0.25, 0.3) is 0 Å². The zero-order valence-electron chi connectivity index (χ0n) is 6.26. The molecule has 0 radical (unpaired) electrons. The predicted molar refractivity (Wildman–Crippen MR) is 39.4 cm³/mol. The van der Waals surface area contributed by atoms with E-state index in [4.69, 9.17) is 0 Å². The Balaban J connectivity index is 3.73. The van der Waals surface area contributed by atoms with Gasteiger partial charge in [-0.05, 0) is 0 Å². The first-order valence-electron chi connectivity index (χ1n) is 2.84. The number of nitrogens with zero attached hydrogens (tertiary/aromatic N) is 1. The van der Waals surface area contributed by atoms with Gasteiger partial charge in [0.25, 0.3) is 0 Å². The first-order chi connectivity index (χ1) is 5.68. The second-order valence-electron chi connectivity index (χ2n) is 1.51. The molecule has 0 atom stereocenters. The van der Waals surface area contributed by atoms with Crippen molar-refractivity contribution in [2.75, 3.05) is 13.2 Å². The van der Waals surface area contributed by atoms with Crippen LogP contribution in [-0.4, -0.2) is 19.2 Å². The minimum absolute atomic E-state index is 0.0280. The number of phosphoric acid groups is 1. The summed E-state index contributed by atoms with van der Waals surface area (Å²) in [5, 5.41) is 0. The number of carbonyl (C=O) groups excluding carboxylic acids is 1. The van der Waals surface area contributed by atoms with Crippen molar-refractivity contribution >= 4 is 13.9 Å². The standard InChI is InChI=1S/C5H8NO5P/c1-9-12(8,10-2)11-4-3-6-5-7/h1-4H2/q+2. The van der Waals surface area contributed by atoms with E-state index in [9.17, 15) is 9.36 Å². The van der Waals surface area contributed by atoms with Gasteiger partial charge in [0.05, 0.1) is 13.2 Å². The smallest absolute Gasteiger partial charge is 0.280 e. The first-order valence-corrected chi connectivity index (χ1v) is 4.30. The molecule has 0 unspecified atom stereocenters. The van der Waals surface area contributed by atoms with Crippen LogP contribution in [0.5, 0.6) is 0 Å². The highest BCUT2D eigenvalue weighted by atomic mass is 31.2. The van der Waals surface area contributed by atoms with Gasteiger partial charge in [0.1, 0.15) is 0 Å². The van der Waals surface area contributed by atoms with E-state index < -0.39 is 7.82 Å². The number of isocyanates is 1. The highest BCUT2D eigenvalue weighted by Gasteiger charge is 2.31. The quantitative estimate of drug-likeness (QED) is 0.207. The zero-order valence-corrected chi connectivity index (χ0v) is 7.16. The van der Waals surface area contributed by atoms with Gasteiger partial charge < -0.3 is 0 Å².